The number of benzene rings is 2. The second kappa shape index (κ2) is 6.51. The van der Waals surface area contributed by atoms with Crippen molar-refractivity contribution in [2.24, 2.45) is 0 Å². The number of hydrogen-bond donors (Lipinski definition) is 1. The van der Waals surface area contributed by atoms with Gasteiger partial charge in [0.25, 0.3) is 11.8 Å². The first-order valence-electron chi connectivity index (χ1n) is 6.54. The van der Waals surface area contributed by atoms with Crippen LogP contribution in [-0.2, 0) is 9.59 Å². The molecule has 0 aliphatic carbocycles. The summed E-state index contributed by atoms with van der Waals surface area (Å²) < 4.78 is 1.00. The third-order valence-electron chi connectivity index (χ3n) is 3.21. The van der Waals surface area contributed by atoms with Crippen LogP contribution in [-0.4, -0.2) is 11.8 Å². The predicted octanol–water partition coefficient (Wildman–Crippen LogP) is 4.38. The fourth-order valence-electron chi connectivity index (χ4n) is 2.15. The van der Waals surface area contributed by atoms with E-state index in [0.717, 1.165) is 8.47 Å². The van der Waals surface area contributed by atoms with Gasteiger partial charge in [0.05, 0.1) is 5.69 Å². The Morgan fingerprint density at radius 3 is 2.30 bits per heavy atom. The van der Waals surface area contributed by atoms with Crippen LogP contribution < -0.4 is 10.2 Å². The van der Waals surface area contributed by atoms with Crippen LogP contribution >= 0.6 is 45.8 Å². The molecule has 2 aromatic carbocycles. The maximum atomic E-state index is 12.6. The average Bonchev–Trinajstić information content (AvgIpc) is 2.73. The molecule has 2 amide bonds. The maximum Gasteiger partial charge on any atom is 0.283 e. The van der Waals surface area contributed by atoms with E-state index in [1.807, 2.05) is 12.1 Å². The minimum Gasteiger partial charge on any atom is -0.350 e. The number of nitrogens with one attached hydrogen (secondary N) is 1. The predicted molar refractivity (Wildman–Crippen MR) is 99.6 cm³/mol. The van der Waals surface area contributed by atoms with Gasteiger partial charge in [0, 0.05) is 14.3 Å². The van der Waals surface area contributed by atoms with Crippen molar-refractivity contribution in [2.45, 2.75) is 0 Å². The lowest BCUT2D eigenvalue weighted by molar-refractivity contribution is -0.120. The van der Waals surface area contributed by atoms with E-state index in [2.05, 4.69) is 27.9 Å². The summed E-state index contributed by atoms with van der Waals surface area (Å²) in [5, 5.41) is 3.24. The maximum absolute atomic E-state index is 12.6. The number of rotatable bonds is 3. The summed E-state index contributed by atoms with van der Waals surface area (Å²) in [6.07, 6.45) is 0. The average molecular weight is 459 g/mol. The lowest BCUT2D eigenvalue weighted by Gasteiger charge is -2.15. The van der Waals surface area contributed by atoms with Gasteiger partial charge >= 0.3 is 0 Å². The standard InChI is InChI=1S/C16H9Cl2IN2O2/c17-9-2-1-3-11(8-9)20-14-13(18)15(22)21(16(14)23)12-6-4-10(19)5-7-12/h1-8,20H. The molecule has 0 fully saturated rings. The van der Waals surface area contributed by atoms with Crippen molar-refractivity contribution in [1.29, 1.82) is 0 Å². The molecule has 1 aliphatic heterocycles. The Bertz CT molecular complexity index is 834. The molecule has 0 aromatic heterocycles. The van der Waals surface area contributed by atoms with Crippen LogP contribution in [0.25, 0.3) is 0 Å². The number of carbonyl (C=O) groups excluding carboxylic acids is 2. The highest BCUT2D eigenvalue weighted by Gasteiger charge is 2.38. The first-order valence-corrected chi connectivity index (χ1v) is 8.37. The van der Waals surface area contributed by atoms with Crippen LogP contribution in [0.4, 0.5) is 11.4 Å². The highest BCUT2D eigenvalue weighted by Crippen LogP contribution is 2.30. The Labute approximate surface area is 156 Å². The summed E-state index contributed by atoms with van der Waals surface area (Å²) in [5.41, 5.74) is 1.09. The number of anilines is 2. The minimum atomic E-state index is -0.553. The second-order valence-electron chi connectivity index (χ2n) is 4.75. The number of imide groups is 1. The van der Waals surface area contributed by atoms with Gasteiger partial charge in [-0.1, -0.05) is 29.3 Å². The van der Waals surface area contributed by atoms with Gasteiger partial charge in [-0.05, 0) is 65.1 Å². The lowest BCUT2D eigenvalue weighted by Crippen LogP contribution is -2.32. The molecule has 1 aliphatic rings. The molecular weight excluding hydrogens is 450 g/mol. The van der Waals surface area contributed by atoms with Crippen LogP contribution in [0.3, 0.4) is 0 Å². The Balaban J connectivity index is 1.91. The monoisotopic (exact) mass is 458 g/mol. The summed E-state index contributed by atoms with van der Waals surface area (Å²) in [6.45, 7) is 0. The largest absolute Gasteiger partial charge is 0.350 e. The van der Waals surface area contributed by atoms with Crippen LogP contribution in [0.2, 0.25) is 5.02 Å². The molecule has 0 bridgehead atoms. The van der Waals surface area contributed by atoms with Crippen molar-refractivity contribution in [1.82, 2.24) is 0 Å². The molecule has 1 heterocycles. The van der Waals surface area contributed by atoms with Gasteiger partial charge in [-0.2, -0.15) is 0 Å². The summed E-state index contributed by atoms with van der Waals surface area (Å²) in [5.74, 6) is -1.05. The fourth-order valence-corrected chi connectivity index (χ4v) is 2.91. The minimum absolute atomic E-state index is 0.0393. The smallest absolute Gasteiger partial charge is 0.283 e. The van der Waals surface area contributed by atoms with Crippen molar-refractivity contribution in [3.63, 3.8) is 0 Å². The number of nitrogens with zero attached hydrogens (tertiary/aromatic N) is 1. The quantitative estimate of drug-likeness (QED) is 0.548. The first kappa shape index (κ1) is 16.3. The third kappa shape index (κ3) is 3.22. The topological polar surface area (TPSA) is 49.4 Å². The highest BCUT2D eigenvalue weighted by atomic mass is 127. The van der Waals surface area contributed by atoms with E-state index in [4.69, 9.17) is 23.2 Å². The van der Waals surface area contributed by atoms with Gasteiger partial charge in [0.1, 0.15) is 10.7 Å². The van der Waals surface area contributed by atoms with Gasteiger partial charge in [0.2, 0.25) is 0 Å². The molecule has 0 saturated carbocycles. The Morgan fingerprint density at radius 2 is 1.65 bits per heavy atom. The van der Waals surface area contributed by atoms with E-state index in [-0.39, 0.29) is 10.7 Å². The van der Waals surface area contributed by atoms with Crippen LogP contribution in [0.1, 0.15) is 0 Å². The van der Waals surface area contributed by atoms with Crippen molar-refractivity contribution >= 4 is 69.0 Å². The van der Waals surface area contributed by atoms with Crippen LogP contribution in [0.15, 0.2) is 59.3 Å². The molecule has 2 aromatic rings. The Hall–Kier alpha value is -1.57. The molecule has 0 atom stereocenters. The molecule has 116 valence electrons. The number of halogens is 3. The van der Waals surface area contributed by atoms with E-state index >= 15 is 0 Å². The second-order valence-corrected chi connectivity index (χ2v) is 6.81. The number of amides is 2. The van der Waals surface area contributed by atoms with Gasteiger partial charge < -0.3 is 5.32 Å². The van der Waals surface area contributed by atoms with Crippen LogP contribution in [0.5, 0.6) is 0 Å². The van der Waals surface area contributed by atoms with E-state index in [0.29, 0.717) is 16.4 Å². The van der Waals surface area contributed by atoms with Gasteiger partial charge in [-0.15, -0.1) is 0 Å². The molecule has 0 unspecified atom stereocenters. The number of hydrogen-bond acceptors (Lipinski definition) is 3. The Kier molecular flexibility index (Phi) is 4.61. The molecule has 1 N–H and O–H groups in total. The first-order chi connectivity index (χ1) is 11.0. The van der Waals surface area contributed by atoms with E-state index in [1.165, 1.54) is 0 Å². The van der Waals surface area contributed by atoms with Crippen LogP contribution in [0, 0.1) is 3.57 Å². The summed E-state index contributed by atoms with van der Waals surface area (Å²) in [6, 6.07) is 13.8. The molecule has 0 saturated heterocycles. The van der Waals surface area contributed by atoms with E-state index in [9.17, 15) is 9.59 Å². The molecule has 7 heteroatoms. The number of carbonyl (C=O) groups is 2. The fraction of sp³-hybridized carbons (Fsp3) is 0. The zero-order valence-corrected chi connectivity index (χ0v) is 15.2. The van der Waals surface area contributed by atoms with E-state index < -0.39 is 11.8 Å². The lowest BCUT2D eigenvalue weighted by atomic mass is 10.3. The zero-order valence-electron chi connectivity index (χ0n) is 11.5. The summed E-state index contributed by atoms with van der Waals surface area (Å²) in [7, 11) is 0. The van der Waals surface area contributed by atoms with Crippen molar-refractivity contribution in [3.05, 3.63) is 67.9 Å². The SMILES string of the molecule is O=C1C(Cl)=C(Nc2cccc(Cl)c2)C(=O)N1c1ccc(I)cc1. The third-order valence-corrected chi connectivity index (χ3v) is 4.51. The van der Waals surface area contributed by atoms with Gasteiger partial charge in [0.15, 0.2) is 0 Å². The van der Waals surface area contributed by atoms with Crippen molar-refractivity contribution < 1.29 is 9.59 Å². The highest BCUT2D eigenvalue weighted by molar-refractivity contribution is 14.1. The Morgan fingerprint density at radius 1 is 0.957 bits per heavy atom. The molecular formula is C16H9Cl2IN2O2. The van der Waals surface area contributed by atoms with Crippen molar-refractivity contribution in [2.75, 3.05) is 10.2 Å². The van der Waals surface area contributed by atoms with Gasteiger partial charge in [-0.3, -0.25) is 9.59 Å². The summed E-state index contributed by atoms with van der Waals surface area (Å²) >= 11 is 14.1. The van der Waals surface area contributed by atoms with E-state index in [1.54, 1.807) is 36.4 Å². The molecule has 0 radical (unpaired) electrons. The molecule has 3 rings (SSSR count). The normalized spacial score (nSPS) is 14.7. The zero-order chi connectivity index (χ0) is 16.6. The van der Waals surface area contributed by atoms with Crippen molar-refractivity contribution in [3.8, 4) is 0 Å². The van der Waals surface area contributed by atoms with Gasteiger partial charge in [-0.25, -0.2) is 4.90 Å². The molecule has 23 heavy (non-hydrogen) atoms. The summed E-state index contributed by atoms with van der Waals surface area (Å²) in [4.78, 5) is 25.9. The molecule has 0 spiro atoms. The molecule has 4 nitrogen and oxygen atoms in total.